The molecule has 6 heteroatoms. The van der Waals surface area contributed by atoms with E-state index in [-0.39, 0.29) is 31.1 Å². The zero-order valence-electron chi connectivity index (χ0n) is 44.6. The standard InChI is InChI=1S/C62H106O6/c1-4-7-10-13-16-19-22-25-28-30-31-32-35-37-40-43-46-49-52-55-61(64)67-58-59(57-66-60(63)54-51-48-45-42-39-36-33-27-24-21-18-15-12-9-6-3)68-62(65)56-53-50-47-44-41-38-34-29-26-23-20-17-14-11-8-5-2/h8-9,11-12,15,17-18,20-21,24,26-27,29,33,59H,4-7,10,13-14,16,19,22-23,25,28,30-32,34-58H2,1-3H3/b11-8-,12-9-,18-15-,20-17-,24-21-,29-26-,33-27-. The third-order valence-corrected chi connectivity index (χ3v) is 12.2. The summed E-state index contributed by atoms with van der Waals surface area (Å²) >= 11 is 0. The third kappa shape index (κ3) is 53.5. The molecule has 1 atom stereocenters. The minimum Gasteiger partial charge on any atom is -0.462 e. The van der Waals surface area contributed by atoms with Crippen LogP contribution in [0.5, 0.6) is 0 Å². The van der Waals surface area contributed by atoms with Crippen molar-refractivity contribution in [2.75, 3.05) is 13.2 Å². The Hall–Kier alpha value is -3.41. The predicted octanol–water partition coefficient (Wildman–Crippen LogP) is 19.2. The van der Waals surface area contributed by atoms with Crippen LogP contribution in [-0.2, 0) is 28.6 Å². The summed E-state index contributed by atoms with van der Waals surface area (Å²) in [6, 6.07) is 0. The molecule has 0 aromatic carbocycles. The Morgan fingerprint density at radius 3 is 1.07 bits per heavy atom. The quantitative estimate of drug-likeness (QED) is 0.0199. The molecule has 0 bridgehead atoms. The van der Waals surface area contributed by atoms with Crippen molar-refractivity contribution in [1.82, 2.24) is 0 Å². The van der Waals surface area contributed by atoms with E-state index in [2.05, 4.69) is 87.6 Å². The molecule has 0 amide bonds. The van der Waals surface area contributed by atoms with Gasteiger partial charge in [-0.1, -0.05) is 266 Å². The fourth-order valence-corrected chi connectivity index (χ4v) is 8.00. The van der Waals surface area contributed by atoms with Crippen LogP contribution >= 0.6 is 0 Å². The Kier molecular flexibility index (Phi) is 53.4. The molecule has 0 rings (SSSR count). The highest BCUT2D eigenvalue weighted by atomic mass is 16.6. The van der Waals surface area contributed by atoms with Gasteiger partial charge in [0.05, 0.1) is 0 Å². The second kappa shape index (κ2) is 56.2. The highest BCUT2D eigenvalue weighted by Gasteiger charge is 2.19. The molecule has 0 fully saturated rings. The van der Waals surface area contributed by atoms with Crippen molar-refractivity contribution in [3.8, 4) is 0 Å². The molecule has 0 N–H and O–H groups in total. The molecule has 0 heterocycles. The van der Waals surface area contributed by atoms with Crippen LogP contribution in [0.2, 0.25) is 0 Å². The largest absolute Gasteiger partial charge is 0.462 e. The number of hydrogen-bond acceptors (Lipinski definition) is 6. The SMILES string of the molecule is CC\C=C/C=C\C=C/C=C\CCCCCCCC(=O)OCC(COC(=O)CCCCCCCCCCCCCCCCCCCCC)OC(=O)CCCCCCCC/C=C\C/C=C\C/C=C\CC. The van der Waals surface area contributed by atoms with E-state index in [4.69, 9.17) is 14.2 Å². The van der Waals surface area contributed by atoms with Gasteiger partial charge in [0.25, 0.3) is 0 Å². The molecule has 0 aliphatic carbocycles. The van der Waals surface area contributed by atoms with Crippen molar-refractivity contribution in [1.29, 1.82) is 0 Å². The maximum absolute atomic E-state index is 12.8. The average molecular weight is 948 g/mol. The maximum Gasteiger partial charge on any atom is 0.306 e. The van der Waals surface area contributed by atoms with Gasteiger partial charge in [-0.2, -0.15) is 0 Å². The van der Waals surface area contributed by atoms with Crippen LogP contribution in [0.1, 0.15) is 271 Å². The molecule has 0 aliphatic heterocycles. The van der Waals surface area contributed by atoms with Crippen LogP contribution in [0, 0.1) is 0 Å². The summed E-state index contributed by atoms with van der Waals surface area (Å²) in [6.07, 6.45) is 72.9. The van der Waals surface area contributed by atoms with Crippen LogP contribution in [0.4, 0.5) is 0 Å². The van der Waals surface area contributed by atoms with Gasteiger partial charge >= 0.3 is 17.9 Å². The van der Waals surface area contributed by atoms with Gasteiger partial charge in [-0.25, -0.2) is 0 Å². The summed E-state index contributed by atoms with van der Waals surface area (Å²) in [5.74, 6) is -0.918. The number of ether oxygens (including phenoxy) is 3. The zero-order valence-corrected chi connectivity index (χ0v) is 44.6. The topological polar surface area (TPSA) is 78.9 Å². The minimum atomic E-state index is -0.793. The van der Waals surface area contributed by atoms with Gasteiger partial charge < -0.3 is 14.2 Å². The van der Waals surface area contributed by atoms with E-state index in [0.717, 1.165) is 116 Å². The normalized spacial score (nSPS) is 12.7. The lowest BCUT2D eigenvalue weighted by Crippen LogP contribution is -2.30. The first-order valence-corrected chi connectivity index (χ1v) is 28.6. The van der Waals surface area contributed by atoms with E-state index in [9.17, 15) is 14.4 Å². The van der Waals surface area contributed by atoms with E-state index in [1.807, 2.05) is 18.2 Å². The molecule has 6 nitrogen and oxygen atoms in total. The molecule has 390 valence electrons. The highest BCUT2D eigenvalue weighted by Crippen LogP contribution is 2.16. The lowest BCUT2D eigenvalue weighted by molar-refractivity contribution is -0.167. The fourth-order valence-electron chi connectivity index (χ4n) is 8.00. The van der Waals surface area contributed by atoms with E-state index in [1.54, 1.807) is 0 Å². The van der Waals surface area contributed by atoms with Gasteiger partial charge in [0.2, 0.25) is 0 Å². The predicted molar refractivity (Wildman–Crippen MR) is 293 cm³/mol. The summed E-state index contributed by atoms with van der Waals surface area (Å²) in [4.78, 5) is 38.2. The first kappa shape index (κ1) is 64.6. The first-order chi connectivity index (χ1) is 33.5. The van der Waals surface area contributed by atoms with Gasteiger partial charge in [-0.3, -0.25) is 14.4 Å². The van der Waals surface area contributed by atoms with Gasteiger partial charge in [0, 0.05) is 19.3 Å². The van der Waals surface area contributed by atoms with Crippen molar-refractivity contribution in [2.45, 2.75) is 277 Å². The van der Waals surface area contributed by atoms with E-state index < -0.39 is 6.10 Å². The Labute approximate surface area is 420 Å². The van der Waals surface area contributed by atoms with Crippen molar-refractivity contribution in [2.24, 2.45) is 0 Å². The Morgan fingerprint density at radius 1 is 0.324 bits per heavy atom. The molecule has 0 aromatic heterocycles. The van der Waals surface area contributed by atoms with Crippen molar-refractivity contribution < 1.29 is 28.6 Å². The molecule has 68 heavy (non-hydrogen) atoms. The first-order valence-electron chi connectivity index (χ1n) is 28.6. The van der Waals surface area contributed by atoms with Crippen LogP contribution in [-0.4, -0.2) is 37.2 Å². The number of esters is 3. The van der Waals surface area contributed by atoms with Gasteiger partial charge in [-0.15, -0.1) is 0 Å². The van der Waals surface area contributed by atoms with Gasteiger partial charge in [-0.05, 0) is 70.6 Å². The minimum absolute atomic E-state index is 0.0880. The smallest absolute Gasteiger partial charge is 0.306 e. The van der Waals surface area contributed by atoms with Crippen LogP contribution in [0.25, 0.3) is 0 Å². The van der Waals surface area contributed by atoms with Crippen LogP contribution in [0.15, 0.2) is 85.1 Å². The Bertz CT molecular complexity index is 1320. The molecule has 0 radical (unpaired) electrons. The molecule has 0 spiro atoms. The fraction of sp³-hybridized carbons (Fsp3) is 0.726. The second-order valence-electron chi connectivity index (χ2n) is 18.9. The lowest BCUT2D eigenvalue weighted by atomic mass is 10.0. The highest BCUT2D eigenvalue weighted by molar-refractivity contribution is 5.71. The van der Waals surface area contributed by atoms with E-state index >= 15 is 0 Å². The lowest BCUT2D eigenvalue weighted by Gasteiger charge is -2.18. The van der Waals surface area contributed by atoms with E-state index in [1.165, 1.54) is 116 Å². The number of carbonyl (C=O) groups excluding carboxylic acids is 3. The summed E-state index contributed by atoms with van der Waals surface area (Å²) in [5.41, 5.74) is 0. The molecular weight excluding hydrogens is 841 g/mol. The van der Waals surface area contributed by atoms with E-state index in [0.29, 0.717) is 19.3 Å². The number of carbonyl (C=O) groups is 3. The Morgan fingerprint density at radius 2 is 0.647 bits per heavy atom. The Balaban J connectivity index is 4.40. The molecule has 0 saturated heterocycles. The zero-order chi connectivity index (χ0) is 49.3. The van der Waals surface area contributed by atoms with Gasteiger partial charge in [0.15, 0.2) is 6.10 Å². The third-order valence-electron chi connectivity index (χ3n) is 12.2. The number of allylic oxidation sites excluding steroid dienone is 14. The average Bonchev–Trinajstić information content (AvgIpc) is 3.34. The molecule has 0 aliphatic rings. The second-order valence-corrected chi connectivity index (χ2v) is 18.9. The van der Waals surface area contributed by atoms with Crippen molar-refractivity contribution in [3.05, 3.63) is 85.1 Å². The number of hydrogen-bond donors (Lipinski definition) is 0. The monoisotopic (exact) mass is 947 g/mol. The maximum atomic E-state index is 12.8. The van der Waals surface area contributed by atoms with Crippen LogP contribution in [0.3, 0.4) is 0 Å². The van der Waals surface area contributed by atoms with Crippen molar-refractivity contribution >= 4 is 17.9 Å². The molecule has 0 aromatic rings. The summed E-state index contributed by atoms with van der Waals surface area (Å²) in [5, 5.41) is 0. The van der Waals surface area contributed by atoms with Gasteiger partial charge in [0.1, 0.15) is 13.2 Å². The molecule has 0 saturated carbocycles. The molecular formula is C62H106O6. The summed E-state index contributed by atoms with van der Waals surface area (Å²) in [6.45, 7) is 6.38. The van der Waals surface area contributed by atoms with Crippen molar-refractivity contribution in [3.63, 3.8) is 0 Å². The summed E-state index contributed by atoms with van der Waals surface area (Å²) < 4.78 is 16.8. The molecule has 1 unspecified atom stereocenters. The van der Waals surface area contributed by atoms with Crippen LogP contribution < -0.4 is 0 Å². The number of rotatable bonds is 51. The summed E-state index contributed by atoms with van der Waals surface area (Å²) in [7, 11) is 0. The number of unbranched alkanes of at least 4 members (excludes halogenated alkanes) is 29.